The zero-order chi connectivity index (χ0) is 16.2. The highest BCUT2D eigenvalue weighted by Gasteiger charge is 2.25. The van der Waals surface area contributed by atoms with Crippen molar-refractivity contribution < 1.29 is 19.1 Å². The lowest BCUT2D eigenvalue weighted by Gasteiger charge is -2.35. The maximum atomic E-state index is 12.6. The van der Waals surface area contributed by atoms with Crippen LogP contribution in [0.15, 0.2) is 18.2 Å². The SMILES string of the molecule is CNCCC(=O)N1CCN(C(=O)c2ccc3c(c2)OCO3)CC1. The van der Waals surface area contributed by atoms with Crippen molar-refractivity contribution >= 4 is 11.8 Å². The lowest BCUT2D eigenvalue weighted by atomic mass is 10.1. The third-order valence-electron chi connectivity index (χ3n) is 4.13. The minimum absolute atomic E-state index is 0.0365. The second-order valence-electron chi connectivity index (χ2n) is 5.59. The first kappa shape index (κ1) is 15.6. The number of nitrogens with zero attached hydrogens (tertiary/aromatic N) is 2. The lowest BCUT2D eigenvalue weighted by Crippen LogP contribution is -2.50. The Hall–Kier alpha value is -2.28. The molecule has 124 valence electrons. The molecule has 1 aromatic carbocycles. The van der Waals surface area contributed by atoms with E-state index in [0.717, 1.165) is 0 Å². The predicted molar refractivity (Wildman–Crippen MR) is 83.6 cm³/mol. The zero-order valence-corrected chi connectivity index (χ0v) is 13.2. The Labute approximate surface area is 135 Å². The molecule has 0 spiro atoms. The van der Waals surface area contributed by atoms with E-state index in [2.05, 4.69) is 5.32 Å². The van der Waals surface area contributed by atoms with Gasteiger partial charge in [0.2, 0.25) is 12.7 Å². The molecule has 1 aromatic rings. The van der Waals surface area contributed by atoms with Crippen LogP contribution in [0, 0.1) is 0 Å². The first-order valence-electron chi connectivity index (χ1n) is 7.80. The van der Waals surface area contributed by atoms with E-state index in [1.54, 1.807) is 23.1 Å². The van der Waals surface area contributed by atoms with Crippen molar-refractivity contribution in [2.45, 2.75) is 6.42 Å². The molecule has 7 nitrogen and oxygen atoms in total. The van der Waals surface area contributed by atoms with Crippen molar-refractivity contribution in [1.29, 1.82) is 0 Å². The second-order valence-corrected chi connectivity index (χ2v) is 5.59. The molecule has 0 atom stereocenters. The molecular formula is C16H21N3O4. The number of benzene rings is 1. The third kappa shape index (κ3) is 3.39. The summed E-state index contributed by atoms with van der Waals surface area (Å²) in [7, 11) is 1.83. The number of piperazine rings is 1. The van der Waals surface area contributed by atoms with Gasteiger partial charge in [-0.05, 0) is 25.2 Å². The Morgan fingerprint density at radius 2 is 1.78 bits per heavy atom. The molecule has 0 aliphatic carbocycles. The van der Waals surface area contributed by atoms with Gasteiger partial charge >= 0.3 is 0 Å². The van der Waals surface area contributed by atoms with Crippen molar-refractivity contribution in [3.63, 3.8) is 0 Å². The van der Waals surface area contributed by atoms with E-state index >= 15 is 0 Å². The first-order valence-corrected chi connectivity index (χ1v) is 7.80. The zero-order valence-electron chi connectivity index (χ0n) is 13.2. The number of hydrogen-bond donors (Lipinski definition) is 1. The summed E-state index contributed by atoms with van der Waals surface area (Å²) in [6.45, 7) is 3.14. The number of ether oxygens (including phenoxy) is 2. The molecule has 2 heterocycles. The summed E-state index contributed by atoms with van der Waals surface area (Å²) in [6, 6.07) is 5.22. The summed E-state index contributed by atoms with van der Waals surface area (Å²) >= 11 is 0. The number of fused-ring (bicyclic) bond motifs is 1. The predicted octanol–water partition coefficient (Wildman–Crippen LogP) is 0.309. The van der Waals surface area contributed by atoms with Crippen LogP contribution in [-0.4, -0.2) is 68.2 Å². The quantitative estimate of drug-likeness (QED) is 0.865. The molecule has 2 amide bonds. The number of nitrogens with one attached hydrogen (secondary N) is 1. The number of hydrogen-bond acceptors (Lipinski definition) is 5. The average molecular weight is 319 g/mol. The molecule has 0 aromatic heterocycles. The Kier molecular flexibility index (Phi) is 4.66. The Bertz CT molecular complexity index is 597. The Balaban J connectivity index is 1.57. The summed E-state index contributed by atoms with van der Waals surface area (Å²) < 4.78 is 10.6. The van der Waals surface area contributed by atoms with E-state index in [1.165, 1.54) is 0 Å². The van der Waals surface area contributed by atoms with Crippen molar-refractivity contribution in [2.75, 3.05) is 46.6 Å². The number of amides is 2. The van der Waals surface area contributed by atoms with Gasteiger partial charge in [0.25, 0.3) is 5.91 Å². The standard InChI is InChI=1S/C16H21N3O4/c1-17-5-4-15(20)18-6-8-19(9-7-18)16(21)12-2-3-13-14(10-12)23-11-22-13/h2-3,10,17H,4-9,11H2,1H3. The van der Waals surface area contributed by atoms with Gasteiger partial charge in [0.1, 0.15) is 0 Å². The first-order chi connectivity index (χ1) is 11.2. The van der Waals surface area contributed by atoms with Crippen LogP contribution in [-0.2, 0) is 4.79 Å². The van der Waals surface area contributed by atoms with Crippen LogP contribution in [0.3, 0.4) is 0 Å². The van der Waals surface area contributed by atoms with Gasteiger partial charge in [0.05, 0.1) is 0 Å². The van der Waals surface area contributed by atoms with Crippen LogP contribution >= 0.6 is 0 Å². The van der Waals surface area contributed by atoms with E-state index in [0.29, 0.717) is 56.2 Å². The fourth-order valence-corrected chi connectivity index (χ4v) is 2.76. The van der Waals surface area contributed by atoms with Gasteiger partial charge in [-0.25, -0.2) is 0 Å². The molecule has 1 fully saturated rings. The normalized spacial score (nSPS) is 16.6. The molecular weight excluding hydrogens is 298 g/mol. The van der Waals surface area contributed by atoms with Gasteiger partial charge in [-0.2, -0.15) is 0 Å². The minimum Gasteiger partial charge on any atom is -0.454 e. The molecule has 2 aliphatic heterocycles. The van der Waals surface area contributed by atoms with Crippen LogP contribution in [0.1, 0.15) is 16.8 Å². The van der Waals surface area contributed by atoms with Crippen LogP contribution in [0.25, 0.3) is 0 Å². The molecule has 1 saturated heterocycles. The van der Waals surface area contributed by atoms with Gasteiger partial charge in [0, 0.05) is 44.7 Å². The fraction of sp³-hybridized carbons (Fsp3) is 0.500. The van der Waals surface area contributed by atoms with Gasteiger partial charge < -0.3 is 24.6 Å². The summed E-state index contributed by atoms with van der Waals surface area (Å²) in [6.07, 6.45) is 0.493. The number of rotatable bonds is 4. The maximum Gasteiger partial charge on any atom is 0.254 e. The fourth-order valence-electron chi connectivity index (χ4n) is 2.76. The molecule has 0 radical (unpaired) electrons. The monoisotopic (exact) mass is 319 g/mol. The van der Waals surface area contributed by atoms with Crippen LogP contribution in [0.2, 0.25) is 0 Å². The largest absolute Gasteiger partial charge is 0.454 e. The lowest BCUT2D eigenvalue weighted by molar-refractivity contribution is -0.132. The Morgan fingerprint density at radius 1 is 1.09 bits per heavy atom. The Morgan fingerprint density at radius 3 is 2.52 bits per heavy atom. The second kappa shape index (κ2) is 6.87. The van der Waals surface area contributed by atoms with Gasteiger partial charge in [-0.1, -0.05) is 0 Å². The number of carbonyl (C=O) groups is 2. The number of carbonyl (C=O) groups excluding carboxylic acids is 2. The van der Waals surface area contributed by atoms with Crippen LogP contribution < -0.4 is 14.8 Å². The van der Waals surface area contributed by atoms with Crippen molar-refractivity contribution in [3.05, 3.63) is 23.8 Å². The molecule has 0 bridgehead atoms. The molecule has 0 unspecified atom stereocenters. The van der Waals surface area contributed by atoms with Gasteiger partial charge in [-0.15, -0.1) is 0 Å². The van der Waals surface area contributed by atoms with E-state index in [9.17, 15) is 9.59 Å². The van der Waals surface area contributed by atoms with Crippen molar-refractivity contribution in [2.24, 2.45) is 0 Å². The van der Waals surface area contributed by atoms with Gasteiger partial charge in [-0.3, -0.25) is 9.59 Å². The van der Waals surface area contributed by atoms with Crippen LogP contribution in [0.5, 0.6) is 11.5 Å². The summed E-state index contributed by atoms with van der Waals surface area (Å²) in [5, 5.41) is 2.97. The van der Waals surface area contributed by atoms with E-state index in [1.807, 2.05) is 11.9 Å². The summed E-state index contributed by atoms with van der Waals surface area (Å²) in [4.78, 5) is 28.1. The van der Waals surface area contributed by atoms with E-state index in [-0.39, 0.29) is 18.6 Å². The molecule has 3 rings (SSSR count). The average Bonchev–Trinajstić information content (AvgIpc) is 3.06. The topological polar surface area (TPSA) is 71.1 Å². The highest BCUT2D eigenvalue weighted by molar-refractivity contribution is 5.95. The summed E-state index contributed by atoms with van der Waals surface area (Å²) in [5.41, 5.74) is 0.587. The molecule has 2 aliphatic rings. The van der Waals surface area contributed by atoms with Crippen molar-refractivity contribution in [1.82, 2.24) is 15.1 Å². The third-order valence-corrected chi connectivity index (χ3v) is 4.13. The molecule has 0 saturated carbocycles. The smallest absolute Gasteiger partial charge is 0.254 e. The van der Waals surface area contributed by atoms with Crippen molar-refractivity contribution in [3.8, 4) is 11.5 Å². The minimum atomic E-state index is -0.0365. The molecule has 7 heteroatoms. The summed E-state index contributed by atoms with van der Waals surface area (Å²) in [5.74, 6) is 1.37. The van der Waals surface area contributed by atoms with Gasteiger partial charge in [0.15, 0.2) is 11.5 Å². The van der Waals surface area contributed by atoms with E-state index in [4.69, 9.17) is 9.47 Å². The maximum absolute atomic E-state index is 12.6. The van der Waals surface area contributed by atoms with E-state index < -0.39 is 0 Å². The van der Waals surface area contributed by atoms with Crippen LogP contribution in [0.4, 0.5) is 0 Å². The highest BCUT2D eigenvalue weighted by atomic mass is 16.7. The molecule has 1 N–H and O–H groups in total. The highest BCUT2D eigenvalue weighted by Crippen LogP contribution is 2.32. The molecule has 23 heavy (non-hydrogen) atoms.